The molecule has 1 N–H and O–H groups in total. The first-order chi connectivity index (χ1) is 13.1. The Hall–Kier alpha value is -3.15. The Balaban J connectivity index is 1.71. The largest absolute Gasteiger partial charge is 0.469 e. The van der Waals surface area contributed by atoms with Crippen molar-refractivity contribution in [1.82, 2.24) is 0 Å². The van der Waals surface area contributed by atoms with E-state index in [9.17, 15) is 13.6 Å². The summed E-state index contributed by atoms with van der Waals surface area (Å²) < 4.78 is 35.2. The molecule has 0 aliphatic heterocycles. The van der Waals surface area contributed by atoms with Crippen molar-refractivity contribution in [3.05, 3.63) is 83.8 Å². The second-order valence-corrected chi connectivity index (χ2v) is 5.99. The summed E-state index contributed by atoms with van der Waals surface area (Å²) in [6.07, 6.45) is 2.73. The minimum atomic E-state index is -2.91. The van der Waals surface area contributed by atoms with Gasteiger partial charge in [-0.1, -0.05) is 30.3 Å². The molecule has 0 saturated carbocycles. The molecule has 1 amide bonds. The third-order valence-corrected chi connectivity index (χ3v) is 3.98. The fourth-order valence-electron chi connectivity index (χ4n) is 2.74. The number of alkyl halides is 2. The Morgan fingerprint density at radius 1 is 1.07 bits per heavy atom. The zero-order valence-corrected chi connectivity index (χ0v) is 14.5. The van der Waals surface area contributed by atoms with Gasteiger partial charge >= 0.3 is 6.61 Å². The fraction of sp³-hybridized carbons (Fsp3) is 0.190. The molecule has 140 valence electrons. The monoisotopic (exact) mass is 371 g/mol. The maximum Gasteiger partial charge on any atom is 0.387 e. The number of hydrogen-bond donors (Lipinski definition) is 1. The maximum absolute atomic E-state index is 12.7. The molecule has 0 aliphatic rings. The average Bonchev–Trinajstić information content (AvgIpc) is 3.16. The molecule has 0 unspecified atom stereocenters. The number of carbonyl (C=O) groups is 1. The van der Waals surface area contributed by atoms with Gasteiger partial charge in [-0.25, -0.2) is 0 Å². The van der Waals surface area contributed by atoms with Gasteiger partial charge in [0.1, 0.15) is 11.5 Å². The van der Waals surface area contributed by atoms with E-state index in [1.165, 1.54) is 6.07 Å². The van der Waals surface area contributed by atoms with E-state index in [1.807, 2.05) is 36.4 Å². The van der Waals surface area contributed by atoms with Crippen LogP contribution < -0.4 is 10.1 Å². The van der Waals surface area contributed by atoms with Crippen LogP contribution >= 0.6 is 0 Å². The van der Waals surface area contributed by atoms with Gasteiger partial charge in [0.15, 0.2) is 0 Å². The summed E-state index contributed by atoms with van der Waals surface area (Å²) in [4.78, 5) is 12.1. The highest BCUT2D eigenvalue weighted by molar-refractivity contribution is 5.91. The van der Waals surface area contributed by atoms with Crippen molar-refractivity contribution in [2.45, 2.75) is 25.9 Å². The van der Waals surface area contributed by atoms with Gasteiger partial charge in [-0.05, 0) is 35.9 Å². The highest BCUT2D eigenvalue weighted by Gasteiger charge is 2.12. The molecule has 4 nitrogen and oxygen atoms in total. The smallest absolute Gasteiger partial charge is 0.387 e. The first kappa shape index (κ1) is 18.6. The molecule has 3 rings (SSSR count). The minimum absolute atomic E-state index is 0.0995. The standard InChI is InChI=1S/C21H19F2NO3/c22-21(23)27-19-10-8-17(14-16(19)13-15-5-2-1-3-6-15)24-20(25)11-9-18-7-4-12-26-18/h1-8,10,12,14,21H,9,11,13H2,(H,24,25). The van der Waals surface area contributed by atoms with Gasteiger partial charge in [-0.15, -0.1) is 0 Å². The Bertz CT molecular complexity index is 864. The molecule has 0 saturated heterocycles. The minimum Gasteiger partial charge on any atom is -0.469 e. The lowest BCUT2D eigenvalue weighted by Crippen LogP contribution is -2.13. The summed E-state index contributed by atoms with van der Waals surface area (Å²) in [7, 11) is 0. The predicted molar refractivity (Wildman–Crippen MR) is 98.0 cm³/mol. The lowest BCUT2D eigenvalue weighted by molar-refractivity contribution is -0.116. The molecule has 2 aromatic carbocycles. The van der Waals surface area contributed by atoms with Crippen LogP contribution in [0.5, 0.6) is 5.75 Å². The van der Waals surface area contributed by atoms with Crippen molar-refractivity contribution >= 4 is 11.6 Å². The summed E-state index contributed by atoms with van der Waals surface area (Å²) in [5.41, 5.74) is 2.07. The van der Waals surface area contributed by atoms with Gasteiger partial charge in [0, 0.05) is 30.5 Å². The Labute approximate surface area is 155 Å². The molecule has 0 aliphatic carbocycles. The number of amides is 1. The van der Waals surface area contributed by atoms with E-state index in [2.05, 4.69) is 10.1 Å². The van der Waals surface area contributed by atoms with Crippen molar-refractivity contribution in [2.75, 3.05) is 5.32 Å². The van der Waals surface area contributed by atoms with Crippen LogP contribution in [0.3, 0.4) is 0 Å². The number of aryl methyl sites for hydroxylation is 1. The van der Waals surface area contributed by atoms with Gasteiger partial charge in [-0.2, -0.15) is 8.78 Å². The molecule has 0 bridgehead atoms. The number of furan rings is 1. The average molecular weight is 371 g/mol. The molecule has 0 fully saturated rings. The molecule has 27 heavy (non-hydrogen) atoms. The summed E-state index contributed by atoms with van der Waals surface area (Å²) in [5.74, 6) is 0.651. The molecule has 0 atom stereocenters. The number of halogens is 2. The van der Waals surface area contributed by atoms with Crippen LogP contribution in [0, 0.1) is 0 Å². The second-order valence-electron chi connectivity index (χ2n) is 5.99. The van der Waals surface area contributed by atoms with Gasteiger partial charge in [-0.3, -0.25) is 4.79 Å². The van der Waals surface area contributed by atoms with E-state index in [-0.39, 0.29) is 18.1 Å². The second kappa shape index (κ2) is 8.98. The van der Waals surface area contributed by atoms with Crippen molar-refractivity contribution in [3.8, 4) is 5.75 Å². The SMILES string of the molecule is O=C(CCc1ccco1)Nc1ccc(OC(F)F)c(Cc2ccccc2)c1. The highest BCUT2D eigenvalue weighted by Crippen LogP contribution is 2.27. The molecular weight excluding hydrogens is 352 g/mol. The molecule has 1 aromatic heterocycles. The number of carbonyl (C=O) groups excluding carboxylic acids is 1. The highest BCUT2D eigenvalue weighted by atomic mass is 19.3. The number of ether oxygens (including phenoxy) is 1. The zero-order chi connectivity index (χ0) is 19.1. The lowest BCUT2D eigenvalue weighted by atomic mass is 10.0. The van der Waals surface area contributed by atoms with Crippen LogP contribution in [-0.2, 0) is 17.6 Å². The van der Waals surface area contributed by atoms with Crippen LogP contribution in [0.15, 0.2) is 71.3 Å². The molecule has 0 radical (unpaired) electrons. The van der Waals surface area contributed by atoms with Crippen LogP contribution in [0.25, 0.3) is 0 Å². The van der Waals surface area contributed by atoms with E-state index in [0.717, 1.165) is 11.3 Å². The van der Waals surface area contributed by atoms with E-state index >= 15 is 0 Å². The van der Waals surface area contributed by atoms with Crippen LogP contribution in [0.4, 0.5) is 14.5 Å². The van der Waals surface area contributed by atoms with Crippen LogP contribution in [0.2, 0.25) is 0 Å². The Kier molecular flexibility index (Phi) is 6.20. The summed E-state index contributed by atoms with van der Waals surface area (Å²) in [6, 6.07) is 17.7. The van der Waals surface area contributed by atoms with Crippen molar-refractivity contribution in [3.63, 3.8) is 0 Å². The van der Waals surface area contributed by atoms with Crippen LogP contribution in [0.1, 0.15) is 23.3 Å². The van der Waals surface area contributed by atoms with E-state index in [0.29, 0.717) is 24.1 Å². The maximum atomic E-state index is 12.7. The normalized spacial score (nSPS) is 10.8. The number of rotatable bonds is 8. The fourth-order valence-corrected chi connectivity index (χ4v) is 2.74. The van der Waals surface area contributed by atoms with Crippen LogP contribution in [-0.4, -0.2) is 12.5 Å². The Morgan fingerprint density at radius 3 is 2.59 bits per heavy atom. The predicted octanol–water partition coefficient (Wildman–Crippen LogP) is 5.04. The van der Waals surface area contributed by atoms with Gasteiger partial charge in [0.05, 0.1) is 6.26 Å². The summed E-state index contributed by atoms with van der Waals surface area (Å²) in [5, 5.41) is 2.79. The molecule has 0 spiro atoms. The first-order valence-electron chi connectivity index (χ1n) is 8.54. The third kappa shape index (κ3) is 5.67. The zero-order valence-electron chi connectivity index (χ0n) is 14.5. The molecule has 6 heteroatoms. The van der Waals surface area contributed by atoms with Gasteiger partial charge in [0.25, 0.3) is 0 Å². The number of benzene rings is 2. The van der Waals surface area contributed by atoms with Gasteiger partial charge in [0.2, 0.25) is 5.91 Å². The summed E-state index contributed by atoms with van der Waals surface area (Å²) >= 11 is 0. The Morgan fingerprint density at radius 2 is 1.89 bits per heavy atom. The molecular formula is C21H19F2NO3. The van der Waals surface area contributed by atoms with E-state index < -0.39 is 6.61 Å². The van der Waals surface area contributed by atoms with Gasteiger partial charge < -0.3 is 14.5 Å². The first-order valence-corrected chi connectivity index (χ1v) is 8.54. The van der Waals surface area contributed by atoms with Crippen molar-refractivity contribution in [2.24, 2.45) is 0 Å². The topological polar surface area (TPSA) is 51.5 Å². The quantitative estimate of drug-likeness (QED) is 0.603. The number of nitrogens with one attached hydrogen (secondary N) is 1. The summed E-state index contributed by atoms with van der Waals surface area (Å²) in [6.45, 7) is -2.91. The van der Waals surface area contributed by atoms with Crippen molar-refractivity contribution < 1.29 is 22.7 Å². The number of hydrogen-bond acceptors (Lipinski definition) is 3. The lowest BCUT2D eigenvalue weighted by Gasteiger charge is -2.13. The van der Waals surface area contributed by atoms with E-state index in [4.69, 9.17) is 4.42 Å². The van der Waals surface area contributed by atoms with Crippen molar-refractivity contribution in [1.29, 1.82) is 0 Å². The number of anilines is 1. The molecule has 1 heterocycles. The molecule has 3 aromatic rings. The third-order valence-electron chi connectivity index (χ3n) is 3.98. The van der Waals surface area contributed by atoms with E-state index in [1.54, 1.807) is 24.5 Å².